The summed E-state index contributed by atoms with van der Waals surface area (Å²) in [6, 6.07) is 0. The third kappa shape index (κ3) is 19.1. The fourth-order valence-corrected chi connectivity index (χ4v) is 2.08. The first-order valence-electron chi connectivity index (χ1n) is 6.68. The molecule has 0 amide bonds. The maximum absolute atomic E-state index is 10.2. The third-order valence-corrected chi connectivity index (χ3v) is 3.19. The third-order valence-electron chi connectivity index (χ3n) is 2.73. The van der Waals surface area contributed by atoms with Gasteiger partial charge >= 0.3 is 10.4 Å². The zero-order valence-electron chi connectivity index (χ0n) is 11.4. The SMILES string of the molecule is CCCCCCCCCCCCOS(=O)(=O)O.[Zr]. The van der Waals surface area contributed by atoms with Gasteiger partial charge in [0.2, 0.25) is 0 Å². The van der Waals surface area contributed by atoms with Gasteiger partial charge in [-0.05, 0) is 6.42 Å². The van der Waals surface area contributed by atoms with Gasteiger partial charge < -0.3 is 0 Å². The molecule has 0 aliphatic heterocycles. The van der Waals surface area contributed by atoms with E-state index in [1.54, 1.807) is 0 Å². The Morgan fingerprint density at radius 3 is 1.61 bits per heavy atom. The zero-order chi connectivity index (χ0) is 13.0. The van der Waals surface area contributed by atoms with Crippen LogP contribution in [0.3, 0.4) is 0 Å². The Hall–Kier alpha value is 0.753. The number of hydrogen-bond donors (Lipinski definition) is 1. The number of hydrogen-bond acceptors (Lipinski definition) is 3. The van der Waals surface area contributed by atoms with Crippen molar-refractivity contribution in [1.82, 2.24) is 0 Å². The Labute approximate surface area is 131 Å². The van der Waals surface area contributed by atoms with Crippen molar-refractivity contribution in [2.45, 2.75) is 71.1 Å². The molecule has 0 heterocycles. The topological polar surface area (TPSA) is 63.6 Å². The van der Waals surface area contributed by atoms with E-state index in [-0.39, 0.29) is 32.8 Å². The van der Waals surface area contributed by atoms with E-state index in [2.05, 4.69) is 11.1 Å². The van der Waals surface area contributed by atoms with Gasteiger partial charge in [-0.3, -0.25) is 4.55 Å². The normalized spacial score (nSPS) is 11.2. The van der Waals surface area contributed by atoms with Crippen LogP contribution in [0.5, 0.6) is 0 Å². The second-order valence-electron chi connectivity index (χ2n) is 4.43. The predicted molar refractivity (Wildman–Crippen MR) is 69.3 cm³/mol. The molecule has 0 saturated carbocycles. The van der Waals surface area contributed by atoms with E-state index in [0.717, 1.165) is 12.8 Å². The average Bonchev–Trinajstić information content (AvgIpc) is 2.24. The number of unbranched alkanes of at least 4 members (excludes halogenated alkanes) is 9. The van der Waals surface area contributed by atoms with Crippen LogP contribution in [-0.2, 0) is 40.8 Å². The van der Waals surface area contributed by atoms with Crippen LogP contribution in [0.4, 0.5) is 0 Å². The molecule has 0 atom stereocenters. The monoisotopic (exact) mass is 356 g/mol. The Kier molecular flexibility index (Phi) is 16.6. The molecule has 0 aromatic heterocycles. The van der Waals surface area contributed by atoms with Crippen LogP contribution in [0, 0.1) is 0 Å². The standard InChI is InChI=1S/C12H26O4S.Zr/c1-2-3-4-5-6-7-8-9-10-11-12-16-17(13,14)15;/h2-12H2,1H3,(H,13,14,15);. The van der Waals surface area contributed by atoms with Gasteiger partial charge in [-0.25, -0.2) is 4.18 Å². The summed E-state index contributed by atoms with van der Waals surface area (Å²) in [7, 11) is -4.23. The summed E-state index contributed by atoms with van der Waals surface area (Å²) in [5.41, 5.74) is 0. The summed E-state index contributed by atoms with van der Waals surface area (Å²) in [6.45, 7) is 2.31. The fraction of sp³-hybridized carbons (Fsp3) is 1.00. The molecule has 108 valence electrons. The first kappa shape index (κ1) is 21.1. The van der Waals surface area contributed by atoms with Crippen LogP contribution in [0.2, 0.25) is 0 Å². The van der Waals surface area contributed by atoms with E-state index >= 15 is 0 Å². The minimum atomic E-state index is -4.23. The molecule has 1 N–H and O–H groups in total. The van der Waals surface area contributed by atoms with Gasteiger partial charge in [-0.2, -0.15) is 8.42 Å². The Morgan fingerprint density at radius 1 is 0.833 bits per heavy atom. The molecular formula is C12H26O4SZr. The Bertz CT molecular complexity index is 255. The quantitative estimate of drug-likeness (QED) is 0.427. The van der Waals surface area contributed by atoms with Gasteiger partial charge in [-0.1, -0.05) is 64.7 Å². The molecule has 0 aliphatic carbocycles. The average molecular weight is 358 g/mol. The summed E-state index contributed by atoms with van der Waals surface area (Å²) in [4.78, 5) is 0. The van der Waals surface area contributed by atoms with Gasteiger partial charge in [0.25, 0.3) is 0 Å². The fourth-order valence-electron chi connectivity index (χ4n) is 1.75. The van der Waals surface area contributed by atoms with Crippen molar-refractivity contribution in [3.63, 3.8) is 0 Å². The van der Waals surface area contributed by atoms with Crippen molar-refractivity contribution < 1.29 is 43.4 Å². The molecule has 0 aromatic carbocycles. The first-order chi connectivity index (χ1) is 8.06. The van der Waals surface area contributed by atoms with Gasteiger partial charge in [0.1, 0.15) is 0 Å². The van der Waals surface area contributed by atoms with Crippen LogP contribution < -0.4 is 0 Å². The molecule has 0 aliphatic rings. The summed E-state index contributed by atoms with van der Waals surface area (Å²) >= 11 is 0. The minimum absolute atomic E-state index is 0. The van der Waals surface area contributed by atoms with E-state index in [0.29, 0.717) is 6.42 Å². The molecule has 4 nitrogen and oxygen atoms in total. The summed E-state index contributed by atoms with van der Waals surface area (Å²) < 4.78 is 33.0. The van der Waals surface area contributed by atoms with Crippen LogP contribution in [-0.4, -0.2) is 19.6 Å². The van der Waals surface area contributed by atoms with Crippen molar-refractivity contribution in [2.75, 3.05) is 6.61 Å². The van der Waals surface area contributed by atoms with E-state index < -0.39 is 10.4 Å². The molecule has 0 saturated heterocycles. The summed E-state index contributed by atoms with van der Waals surface area (Å²) in [5, 5.41) is 0. The van der Waals surface area contributed by atoms with Gasteiger partial charge in [-0.15, -0.1) is 0 Å². The predicted octanol–water partition coefficient (Wildman–Crippen LogP) is 3.72. The Balaban J connectivity index is 0. The van der Waals surface area contributed by atoms with E-state index in [4.69, 9.17) is 4.55 Å². The van der Waals surface area contributed by atoms with Crippen LogP contribution in [0.25, 0.3) is 0 Å². The van der Waals surface area contributed by atoms with Crippen LogP contribution >= 0.6 is 0 Å². The zero-order valence-corrected chi connectivity index (χ0v) is 14.6. The summed E-state index contributed by atoms with van der Waals surface area (Å²) in [5.74, 6) is 0. The van der Waals surface area contributed by atoms with Gasteiger partial charge in [0.05, 0.1) is 6.61 Å². The second kappa shape index (κ2) is 14.2. The molecule has 0 radical (unpaired) electrons. The maximum atomic E-state index is 10.2. The first-order valence-corrected chi connectivity index (χ1v) is 8.04. The van der Waals surface area contributed by atoms with Gasteiger partial charge in [0, 0.05) is 26.2 Å². The molecule has 6 heteroatoms. The van der Waals surface area contributed by atoms with Crippen molar-refractivity contribution >= 4 is 10.4 Å². The van der Waals surface area contributed by atoms with Crippen molar-refractivity contribution in [3.05, 3.63) is 0 Å². The molecule has 0 aromatic rings. The second-order valence-corrected chi connectivity index (χ2v) is 5.52. The maximum Gasteiger partial charge on any atom is 0.397 e. The van der Waals surface area contributed by atoms with Crippen molar-refractivity contribution in [3.8, 4) is 0 Å². The van der Waals surface area contributed by atoms with Crippen LogP contribution in [0.15, 0.2) is 0 Å². The van der Waals surface area contributed by atoms with Crippen molar-refractivity contribution in [1.29, 1.82) is 0 Å². The molecule has 0 spiro atoms. The summed E-state index contributed by atoms with van der Waals surface area (Å²) in [6.07, 6.45) is 11.9. The largest absolute Gasteiger partial charge is 0.397 e. The molecule has 18 heavy (non-hydrogen) atoms. The van der Waals surface area contributed by atoms with E-state index in [1.807, 2.05) is 0 Å². The van der Waals surface area contributed by atoms with Gasteiger partial charge in [0.15, 0.2) is 0 Å². The van der Waals surface area contributed by atoms with E-state index in [1.165, 1.54) is 44.9 Å². The Morgan fingerprint density at radius 2 is 1.22 bits per heavy atom. The molecule has 0 bridgehead atoms. The molecule has 0 fully saturated rings. The smallest absolute Gasteiger partial charge is 0.264 e. The molecular weight excluding hydrogens is 331 g/mol. The molecule has 0 rings (SSSR count). The van der Waals surface area contributed by atoms with E-state index in [9.17, 15) is 8.42 Å². The minimum Gasteiger partial charge on any atom is -0.264 e. The number of rotatable bonds is 12. The van der Waals surface area contributed by atoms with Crippen LogP contribution in [0.1, 0.15) is 71.1 Å². The molecule has 0 unspecified atom stereocenters. The van der Waals surface area contributed by atoms with Crippen molar-refractivity contribution in [2.24, 2.45) is 0 Å².